The summed E-state index contributed by atoms with van der Waals surface area (Å²) in [6.07, 6.45) is 0. The van der Waals surface area contributed by atoms with Gasteiger partial charge in [-0.25, -0.2) is 9.78 Å². The van der Waals surface area contributed by atoms with E-state index in [0.29, 0.717) is 5.13 Å². The minimum absolute atomic E-state index is 0.0793. The lowest BCUT2D eigenvalue weighted by atomic mass is 10.1. The zero-order valence-electron chi connectivity index (χ0n) is 14.8. The number of ether oxygens (including phenoxy) is 2. The number of nitrogens with one attached hydrogen (secondary N) is 1. The average Bonchev–Trinajstić information content (AvgIpc) is 3.02. The smallest absolute Gasteiger partial charge is 0.344 e. The van der Waals surface area contributed by atoms with Crippen LogP contribution in [0.1, 0.15) is 11.1 Å². The maximum Gasteiger partial charge on any atom is 0.344 e. The summed E-state index contributed by atoms with van der Waals surface area (Å²) in [4.78, 5) is 28.1. The second kappa shape index (κ2) is 8.05. The molecule has 0 saturated carbocycles. The molecule has 0 saturated heterocycles. The quantitative estimate of drug-likeness (QED) is 0.632. The van der Waals surface area contributed by atoms with Crippen molar-refractivity contribution in [3.63, 3.8) is 0 Å². The van der Waals surface area contributed by atoms with Crippen LogP contribution in [0.5, 0.6) is 11.5 Å². The fraction of sp³-hybridized carbons (Fsp3) is 0.211. The molecule has 8 heteroatoms. The lowest BCUT2D eigenvalue weighted by Crippen LogP contribution is -2.23. The lowest BCUT2D eigenvalue weighted by Gasteiger charge is -2.07. The van der Waals surface area contributed by atoms with Gasteiger partial charge in [-0.15, -0.1) is 0 Å². The molecule has 140 valence electrons. The molecule has 1 amide bonds. The van der Waals surface area contributed by atoms with Crippen LogP contribution in [0.4, 0.5) is 5.13 Å². The van der Waals surface area contributed by atoms with E-state index >= 15 is 0 Å². The Bertz CT molecular complexity index is 999. The number of aromatic hydroxyl groups is 1. The van der Waals surface area contributed by atoms with Gasteiger partial charge in [0.1, 0.15) is 0 Å². The highest BCUT2D eigenvalue weighted by atomic mass is 32.1. The van der Waals surface area contributed by atoms with Crippen LogP contribution < -0.4 is 10.1 Å². The van der Waals surface area contributed by atoms with E-state index in [1.54, 1.807) is 12.1 Å². The van der Waals surface area contributed by atoms with Gasteiger partial charge in [0.2, 0.25) is 0 Å². The molecule has 0 radical (unpaired) electrons. The van der Waals surface area contributed by atoms with Gasteiger partial charge in [-0.3, -0.25) is 10.1 Å². The number of phenols is 1. The van der Waals surface area contributed by atoms with Crippen LogP contribution in [0.25, 0.3) is 10.2 Å². The van der Waals surface area contributed by atoms with Gasteiger partial charge in [-0.05, 0) is 43.2 Å². The summed E-state index contributed by atoms with van der Waals surface area (Å²) in [6.45, 7) is 3.11. The molecule has 0 spiro atoms. The van der Waals surface area contributed by atoms with Crippen LogP contribution in [0.2, 0.25) is 0 Å². The first kappa shape index (κ1) is 18.7. The van der Waals surface area contributed by atoms with Gasteiger partial charge in [0, 0.05) is 0 Å². The van der Waals surface area contributed by atoms with E-state index in [1.165, 1.54) is 23.5 Å². The van der Waals surface area contributed by atoms with E-state index in [9.17, 15) is 14.7 Å². The number of benzene rings is 2. The number of carbonyl (C=O) groups excluding carboxylic acids is 2. The van der Waals surface area contributed by atoms with E-state index in [2.05, 4.69) is 10.3 Å². The maximum absolute atomic E-state index is 12.0. The molecule has 0 aliphatic carbocycles. The number of aromatic nitrogens is 1. The standard InChI is InChI=1S/C19H18N2O5S/c1-11-7-12(2)18-15(8-11)27-19(21-18)20-16(23)9-26-17(24)10-25-14-6-4-3-5-13(14)22/h3-8,22H,9-10H2,1-2H3,(H,20,21,23). The van der Waals surface area contributed by atoms with Gasteiger partial charge in [0.25, 0.3) is 5.91 Å². The predicted molar refractivity (Wildman–Crippen MR) is 102 cm³/mol. The van der Waals surface area contributed by atoms with Crippen molar-refractivity contribution in [2.24, 2.45) is 0 Å². The number of phenolic OH excluding ortho intramolecular Hbond substituents is 1. The minimum Gasteiger partial charge on any atom is -0.504 e. The number of carbonyl (C=O) groups is 2. The minimum atomic E-state index is -0.718. The van der Waals surface area contributed by atoms with Gasteiger partial charge >= 0.3 is 5.97 Å². The van der Waals surface area contributed by atoms with Crippen LogP contribution in [0.15, 0.2) is 36.4 Å². The number of amides is 1. The van der Waals surface area contributed by atoms with Crippen LogP contribution in [0, 0.1) is 13.8 Å². The number of anilines is 1. The molecule has 0 atom stereocenters. The molecule has 0 fully saturated rings. The van der Waals surface area contributed by atoms with Crippen molar-refractivity contribution in [1.82, 2.24) is 4.98 Å². The highest BCUT2D eigenvalue weighted by Gasteiger charge is 2.13. The summed E-state index contributed by atoms with van der Waals surface area (Å²) in [5, 5.41) is 12.6. The summed E-state index contributed by atoms with van der Waals surface area (Å²) in [5.74, 6) is -1.12. The first-order chi connectivity index (χ1) is 12.9. The number of esters is 1. The van der Waals surface area contributed by atoms with Crippen molar-refractivity contribution in [3.8, 4) is 11.5 Å². The van der Waals surface area contributed by atoms with E-state index in [0.717, 1.165) is 21.3 Å². The number of rotatable bonds is 6. The third-order valence-electron chi connectivity index (χ3n) is 3.65. The molecule has 1 aromatic heterocycles. The molecule has 7 nitrogen and oxygen atoms in total. The van der Waals surface area contributed by atoms with Crippen LogP contribution in [-0.2, 0) is 14.3 Å². The van der Waals surface area contributed by atoms with Crippen molar-refractivity contribution < 1.29 is 24.2 Å². The predicted octanol–water partition coefficient (Wildman–Crippen LogP) is 3.18. The number of fused-ring (bicyclic) bond motifs is 1. The van der Waals surface area contributed by atoms with Crippen molar-refractivity contribution in [3.05, 3.63) is 47.5 Å². The highest BCUT2D eigenvalue weighted by molar-refractivity contribution is 7.22. The van der Waals surface area contributed by atoms with Gasteiger partial charge in [-0.1, -0.05) is 29.5 Å². The molecule has 2 aromatic carbocycles. The number of nitrogens with zero attached hydrogens (tertiary/aromatic N) is 1. The SMILES string of the molecule is Cc1cc(C)c2nc(NC(=O)COC(=O)COc3ccccc3O)sc2c1. The molecule has 27 heavy (non-hydrogen) atoms. The fourth-order valence-electron chi connectivity index (χ4n) is 2.48. The average molecular weight is 386 g/mol. The topological polar surface area (TPSA) is 97.8 Å². The Morgan fingerprint density at radius 2 is 1.96 bits per heavy atom. The van der Waals surface area contributed by atoms with Crippen LogP contribution in [-0.4, -0.2) is 35.2 Å². The summed E-state index contributed by atoms with van der Waals surface area (Å²) in [5.41, 5.74) is 3.00. The number of hydrogen-bond acceptors (Lipinski definition) is 7. The Morgan fingerprint density at radius 3 is 2.74 bits per heavy atom. The van der Waals surface area contributed by atoms with E-state index in [-0.39, 0.29) is 11.5 Å². The molecule has 3 aromatic rings. The molecular formula is C19H18N2O5S. The first-order valence-electron chi connectivity index (χ1n) is 8.16. The maximum atomic E-state index is 12.0. The zero-order chi connectivity index (χ0) is 19.4. The number of thiazole rings is 1. The Morgan fingerprint density at radius 1 is 1.19 bits per heavy atom. The second-order valence-corrected chi connectivity index (χ2v) is 6.94. The fourth-order valence-corrected chi connectivity index (χ4v) is 3.54. The molecule has 2 N–H and O–H groups in total. The number of hydrogen-bond donors (Lipinski definition) is 2. The van der Waals surface area contributed by atoms with Gasteiger partial charge in [0.15, 0.2) is 29.8 Å². The van der Waals surface area contributed by atoms with Crippen LogP contribution in [0.3, 0.4) is 0 Å². The zero-order valence-corrected chi connectivity index (χ0v) is 15.6. The van der Waals surface area contributed by atoms with Gasteiger partial charge in [0.05, 0.1) is 10.2 Å². The largest absolute Gasteiger partial charge is 0.504 e. The van der Waals surface area contributed by atoms with Crippen molar-refractivity contribution in [1.29, 1.82) is 0 Å². The van der Waals surface area contributed by atoms with Crippen molar-refractivity contribution >= 4 is 38.6 Å². The molecule has 0 unspecified atom stereocenters. The summed E-state index contributed by atoms with van der Waals surface area (Å²) in [7, 11) is 0. The summed E-state index contributed by atoms with van der Waals surface area (Å²) in [6, 6.07) is 10.3. The Kier molecular flexibility index (Phi) is 5.56. The third kappa shape index (κ3) is 4.73. The molecule has 0 aliphatic heterocycles. The Hall–Kier alpha value is -3.13. The van der Waals surface area contributed by atoms with E-state index < -0.39 is 25.1 Å². The Labute approximate surface area is 159 Å². The van der Waals surface area contributed by atoms with Crippen LogP contribution >= 0.6 is 11.3 Å². The Balaban J connectivity index is 1.50. The molecule has 3 rings (SSSR count). The third-order valence-corrected chi connectivity index (χ3v) is 4.57. The van der Waals surface area contributed by atoms with Gasteiger partial charge in [-0.2, -0.15) is 0 Å². The molecule has 1 heterocycles. The second-order valence-electron chi connectivity index (χ2n) is 5.91. The van der Waals surface area contributed by atoms with E-state index in [4.69, 9.17) is 9.47 Å². The summed E-state index contributed by atoms with van der Waals surface area (Å²) >= 11 is 1.36. The molecule has 0 aliphatic rings. The highest BCUT2D eigenvalue weighted by Crippen LogP contribution is 2.29. The van der Waals surface area contributed by atoms with Crippen molar-refractivity contribution in [2.75, 3.05) is 18.5 Å². The van der Waals surface area contributed by atoms with Gasteiger partial charge < -0.3 is 14.6 Å². The monoisotopic (exact) mass is 386 g/mol. The first-order valence-corrected chi connectivity index (χ1v) is 8.98. The number of aryl methyl sites for hydroxylation is 2. The normalized spacial score (nSPS) is 10.6. The lowest BCUT2D eigenvalue weighted by molar-refractivity contribution is -0.149. The molecule has 0 bridgehead atoms. The summed E-state index contributed by atoms with van der Waals surface area (Å²) < 4.78 is 11.0. The molecular weight excluding hydrogens is 368 g/mol. The number of para-hydroxylation sites is 2. The van der Waals surface area contributed by atoms with E-state index in [1.807, 2.05) is 26.0 Å². The van der Waals surface area contributed by atoms with Crippen molar-refractivity contribution in [2.45, 2.75) is 13.8 Å².